The van der Waals surface area contributed by atoms with Crippen molar-refractivity contribution in [3.8, 4) is 0 Å². The van der Waals surface area contributed by atoms with Crippen molar-refractivity contribution >= 4 is 16.9 Å². The zero-order valence-electron chi connectivity index (χ0n) is 12.9. The van der Waals surface area contributed by atoms with Crippen molar-refractivity contribution in [2.75, 3.05) is 13.1 Å². The third-order valence-corrected chi connectivity index (χ3v) is 4.63. The molecule has 0 saturated carbocycles. The fourth-order valence-corrected chi connectivity index (χ4v) is 3.09. The van der Waals surface area contributed by atoms with E-state index in [9.17, 15) is 15.0 Å². The van der Waals surface area contributed by atoms with E-state index < -0.39 is 11.7 Å². The Labute approximate surface area is 129 Å². The number of para-hydroxylation sites is 1. The molecule has 3 rings (SSSR count). The number of benzene rings is 1. The number of β-amino-alcohol motifs (C(OH)–C–C–N with tert-alkyl or cyclic N) is 1. The van der Waals surface area contributed by atoms with Crippen molar-refractivity contribution in [2.24, 2.45) is 0 Å². The minimum Gasteiger partial charge on any atom is -0.461 e. The predicted octanol–water partition coefficient (Wildman–Crippen LogP) is 2.09. The maximum absolute atomic E-state index is 12.7. The van der Waals surface area contributed by atoms with E-state index in [-0.39, 0.29) is 12.5 Å². The van der Waals surface area contributed by atoms with E-state index >= 15 is 0 Å². The van der Waals surface area contributed by atoms with Crippen molar-refractivity contribution < 1.29 is 19.4 Å². The van der Waals surface area contributed by atoms with E-state index in [1.165, 1.54) is 0 Å². The van der Waals surface area contributed by atoms with Gasteiger partial charge >= 0.3 is 0 Å². The van der Waals surface area contributed by atoms with Crippen LogP contribution >= 0.6 is 0 Å². The van der Waals surface area contributed by atoms with Gasteiger partial charge in [-0.2, -0.15) is 0 Å². The van der Waals surface area contributed by atoms with Crippen molar-refractivity contribution in [2.45, 2.75) is 38.4 Å². The summed E-state index contributed by atoms with van der Waals surface area (Å²) in [5.41, 5.74) is -0.0140. The molecule has 2 N–H and O–H groups in total. The molecule has 1 saturated heterocycles. The fraction of sp³-hybridized carbons (Fsp3) is 0.471. The average Bonchev–Trinajstić information content (AvgIpc) is 2.89. The number of fused-ring (bicyclic) bond motifs is 1. The van der Waals surface area contributed by atoms with Crippen molar-refractivity contribution in [3.05, 3.63) is 35.6 Å². The number of aliphatic hydroxyl groups excluding tert-OH is 1. The molecule has 0 spiro atoms. The van der Waals surface area contributed by atoms with Gasteiger partial charge in [-0.1, -0.05) is 19.1 Å². The summed E-state index contributed by atoms with van der Waals surface area (Å²) >= 11 is 0. The molecule has 5 heteroatoms. The largest absolute Gasteiger partial charge is 0.461 e. The highest BCUT2D eigenvalue weighted by Gasteiger charge is 2.40. The normalized spacial score (nSPS) is 25.6. The lowest BCUT2D eigenvalue weighted by atomic mass is 9.86. The maximum Gasteiger partial charge on any atom is 0.257 e. The Morgan fingerprint density at radius 1 is 1.50 bits per heavy atom. The molecule has 2 aromatic rings. The minimum absolute atomic E-state index is 0.138. The molecule has 1 aliphatic heterocycles. The molecule has 5 nitrogen and oxygen atoms in total. The van der Waals surface area contributed by atoms with E-state index in [4.69, 9.17) is 4.42 Å². The molecule has 2 heterocycles. The van der Waals surface area contributed by atoms with Crippen LogP contribution in [0.5, 0.6) is 0 Å². The lowest BCUT2D eigenvalue weighted by Gasteiger charge is -2.41. The molecule has 1 aliphatic rings. The standard InChI is InChI=1S/C17H21NO4/c1-3-17(21)7-8-18(10-14(17)19)16(20)13-6-4-5-12-9-11(2)22-15(12)13/h4-6,9,14,19,21H,3,7-8,10H2,1-2H3/t14-,17-/m1/s1. The van der Waals surface area contributed by atoms with Gasteiger partial charge in [0, 0.05) is 18.5 Å². The number of piperidine rings is 1. The first-order valence-corrected chi connectivity index (χ1v) is 7.63. The molecule has 1 amide bonds. The van der Waals surface area contributed by atoms with Gasteiger partial charge in [-0.25, -0.2) is 0 Å². The zero-order chi connectivity index (χ0) is 15.9. The molecular weight excluding hydrogens is 282 g/mol. The topological polar surface area (TPSA) is 73.9 Å². The molecule has 118 valence electrons. The third-order valence-electron chi connectivity index (χ3n) is 4.63. The summed E-state index contributed by atoms with van der Waals surface area (Å²) in [6, 6.07) is 7.37. The van der Waals surface area contributed by atoms with E-state index in [0.29, 0.717) is 30.5 Å². The number of rotatable bonds is 2. The SMILES string of the molecule is CC[C@@]1(O)CCN(C(=O)c2cccc3cc(C)oc23)C[C@H]1O. The van der Waals surface area contributed by atoms with Gasteiger partial charge < -0.3 is 19.5 Å². The highest BCUT2D eigenvalue weighted by atomic mass is 16.3. The van der Waals surface area contributed by atoms with Crippen molar-refractivity contribution in [3.63, 3.8) is 0 Å². The quantitative estimate of drug-likeness (QED) is 0.891. The number of amides is 1. The smallest absolute Gasteiger partial charge is 0.257 e. The Morgan fingerprint density at radius 3 is 2.95 bits per heavy atom. The summed E-state index contributed by atoms with van der Waals surface area (Å²) in [5.74, 6) is 0.589. The number of aryl methyl sites for hydroxylation is 1. The fourth-order valence-electron chi connectivity index (χ4n) is 3.09. The molecule has 1 fully saturated rings. The highest BCUT2D eigenvalue weighted by Crippen LogP contribution is 2.29. The first-order chi connectivity index (χ1) is 10.4. The number of aliphatic hydroxyl groups is 2. The summed E-state index contributed by atoms with van der Waals surface area (Å²) in [5, 5.41) is 21.3. The summed E-state index contributed by atoms with van der Waals surface area (Å²) in [7, 11) is 0. The van der Waals surface area contributed by atoms with Crippen LogP contribution in [-0.2, 0) is 0 Å². The molecule has 1 aromatic heterocycles. The number of hydrogen-bond acceptors (Lipinski definition) is 4. The van der Waals surface area contributed by atoms with Crippen LogP contribution in [0.2, 0.25) is 0 Å². The molecule has 1 aromatic carbocycles. The Hall–Kier alpha value is -1.85. The van der Waals surface area contributed by atoms with Crippen LogP contribution in [0.3, 0.4) is 0 Å². The van der Waals surface area contributed by atoms with Gasteiger partial charge in [-0.05, 0) is 31.9 Å². The van der Waals surface area contributed by atoms with Crippen molar-refractivity contribution in [1.29, 1.82) is 0 Å². The van der Waals surface area contributed by atoms with Crippen LogP contribution in [0.1, 0.15) is 35.9 Å². The molecule has 2 atom stereocenters. The Kier molecular flexibility index (Phi) is 3.70. The van der Waals surface area contributed by atoms with Crippen LogP contribution in [0, 0.1) is 6.92 Å². The molecule has 0 aliphatic carbocycles. The summed E-state index contributed by atoms with van der Waals surface area (Å²) in [4.78, 5) is 14.3. The van der Waals surface area contributed by atoms with E-state index in [1.54, 1.807) is 11.0 Å². The monoisotopic (exact) mass is 303 g/mol. The third kappa shape index (κ3) is 2.40. The molecule has 0 radical (unpaired) electrons. The van der Waals surface area contributed by atoms with Gasteiger partial charge in [0.1, 0.15) is 17.4 Å². The van der Waals surface area contributed by atoms with Gasteiger partial charge in [-0.15, -0.1) is 0 Å². The number of carbonyl (C=O) groups is 1. The molecule has 0 unspecified atom stereocenters. The van der Waals surface area contributed by atoms with Gasteiger partial charge in [-0.3, -0.25) is 4.79 Å². The second-order valence-corrected chi connectivity index (χ2v) is 6.06. The molecule has 22 heavy (non-hydrogen) atoms. The average molecular weight is 303 g/mol. The second kappa shape index (κ2) is 5.41. The molecule has 0 bridgehead atoms. The zero-order valence-corrected chi connectivity index (χ0v) is 12.9. The Bertz CT molecular complexity index is 708. The van der Waals surface area contributed by atoms with E-state index in [0.717, 1.165) is 11.1 Å². The van der Waals surface area contributed by atoms with Gasteiger partial charge in [0.05, 0.1) is 11.2 Å². The lowest BCUT2D eigenvalue weighted by molar-refractivity contribution is -0.114. The second-order valence-electron chi connectivity index (χ2n) is 6.06. The highest BCUT2D eigenvalue weighted by molar-refractivity contribution is 6.05. The van der Waals surface area contributed by atoms with Crippen molar-refractivity contribution in [1.82, 2.24) is 4.90 Å². The van der Waals surface area contributed by atoms with Gasteiger partial charge in [0.2, 0.25) is 0 Å². The summed E-state index contributed by atoms with van der Waals surface area (Å²) < 4.78 is 5.64. The minimum atomic E-state index is -1.09. The number of furan rings is 1. The summed E-state index contributed by atoms with van der Waals surface area (Å²) in [6.07, 6.45) is -0.0695. The van der Waals surface area contributed by atoms with Crippen LogP contribution in [0.15, 0.2) is 28.7 Å². The van der Waals surface area contributed by atoms with Gasteiger partial charge in [0.15, 0.2) is 0 Å². The first-order valence-electron chi connectivity index (χ1n) is 7.63. The Morgan fingerprint density at radius 2 is 2.27 bits per heavy atom. The number of likely N-dealkylation sites (tertiary alicyclic amines) is 1. The van der Waals surface area contributed by atoms with Crippen LogP contribution in [-0.4, -0.2) is 45.8 Å². The number of nitrogens with zero attached hydrogens (tertiary/aromatic N) is 1. The maximum atomic E-state index is 12.7. The first kappa shape index (κ1) is 15.1. The van der Waals surface area contributed by atoms with E-state index in [1.807, 2.05) is 32.0 Å². The molecular formula is C17H21NO4. The predicted molar refractivity (Wildman–Crippen MR) is 82.7 cm³/mol. The Balaban J connectivity index is 1.88. The van der Waals surface area contributed by atoms with Crippen LogP contribution in [0.25, 0.3) is 11.0 Å². The van der Waals surface area contributed by atoms with Crippen LogP contribution in [0.4, 0.5) is 0 Å². The van der Waals surface area contributed by atoms with Gasteiger partial charge in [0.25, 0.3) is 5.91 Å². The lowest BCUT2D eigenvalue weighted by Crippen LogP contribution is -2.56. The van der Waals surface area contributed by atoms with Crippen LogP contribution < -0.4 is 0 Å². The number of carbonyl (C=O) groups excluding carboxylic acids is 1. The summed E-state index contributed by atoms with van der Waals surface area (Å²) in [6.45, 7) is 4.25. The number of hydrogen-bond donors (Lipinski definition) is 2. The van der Waals surface area contributed by atoms with E-state index in [2.05, 4.69) is 0 Å².